The first-order chi connectivity index (χ1) is 17.1. The average Bonchev–Trinajstić information content (AvgIpc) is 2.84. The van der Waals surface area contributed by atoms with E-state index in [1.807, 2.05) is 36.4 Å². The third-order valence-corrected chi connectivity index (χ3v) is 10.9. The molecule has 0 bridgehead atoms. The van der Waals surface area contributed by atoms with E-state index in [1.54, 1.807) is 13.8 Å². The number of carbonyl (C=O) groups is 3. The molecule has 0 radical (unpaired) electrons. The van der Waals surface area contributed by atoms with Crippen LogP contribution in [0.1, 0.15) is 34.6 Å². The van der Waals surface area contributed by atoms with Crippen LogP contribution < -0.4 is 10.4 Å². The van der Waals surface area contributed by atoms with E-state index in [1.165, 1.54) is 0 Å². The summed E-state index contributed by atoms with van der Waals surface area (Å²) in [5.74, 6) is -2.11. The van der Waals surface area contributed by atoms with E-state index < -0.39 is 38.0 Å². The van der Waals surface area contributed by atoms with Crippen LogP contribution in [0.25, 0.3) is 0 Å². The van der Waals surface area contributed by atoms with Gasteiger partial charge in [-0.3, -0.25) is 9.59 Å². The molecule has 7 nitrogen and oxygen atoms in total. The number of hydrogen-bond donors (Lipinski definition) is 1. The third-order valence-electron chi connectivity index (χ3n) is 5.74. The maximum atomic E-state index is 12.5. The Morgan fingerprint density at radius 1 is 0.806 bits per heavy atom. The minimum absolute atomic E-state index is 0.0273. The first-order valence-corrected chi connectivity index (χ1v) is 13.9. The van der Waals surface area contributed by atoms with E-state index >= 15 is 0 Å². The molecule has 0 aromatic heterocycles. The zero-order valence-electron chi connectivity index (χ0n) is 21.4. The fraction of sp³-hybridized carbons (Fsp3) is 0.393. The average molecular weight is 511 g/mol. The quantitative estimate of drug-likeness (QED) is 0.182. The summed E-state index contributed by atoms with van der Waals surface area (Å²) in [6.07, 6.45) is -2.07. The second kappa shape index (κ2) is 13.0. The lowest BCUT2D eigenvalue weighted by Crippen LogP contribution is -2.63. The molecular formula is C28H34O7Si. The van der Waals surface area contributed by atoms with Gasteiger partial charge in [0, 0.05) is 0 Å². The van der Waals surface area contributed by atoms with Crippen molar-refractivity contribution in [2.75, 3.05) is 19.8 Å². The van der Waals surface area contributed by atoms with Gasteiger partial charge in [-0.15, -0.1) is 5.54 Å². The van der Waals surface area contributed by atoms with Gasteiger partial charge in [-0.1, -0.05) is 87.4 Å². The number of benzene rings is 2. The van der Waals surface area contributed by atoms with Crippen molar-refractivity contribution >= 4 is 36.4 Å². The van der Waals surface area contributed by atoms with Crippen molar-refractivity contribution in [2.24, 2.45) is 5.92 Å². The minimum Gasteiger partial charge on any atom is -0.465 e. The number of carbonyl (C=O) groups excluding carboxylic acids is 3. The Morgan fingerprint density at radius 2 is 1.25 bits per heavy atom. The molecule has 0 aliphatic carbocycles. The fourth-order valence-corrected chi connectivity index (χ4v) is 8.51. The van der Waals surface area contributed by atoms with E-state index in [9.17, 15) is 19.5 Å². The van der Waals surface area contributed by atoms with Gasteiger partial charge in [0.05, 0.1) is 13.2 Å². The standard InChI is InChI=1S/C28H34O7Si/c1-6-33-25(30)23(26(31)34-7-2)24(29)27(32)35-19-14-20-36(28(3,4)5,21-15-10-8-11-16-21)22-17-12-9-13-18-22/h8-13,15-18,23-24,29H,6-7,19H2,1-5H3. The summed E-state index contributed by atoms with van der Waals surface area (Å²) in [7, 11) is -2.69. The highest BCUT2D eigenvalue weighted by atomic mass is 28.3. The summed E-state index contributed by atoms with van der Waals surface area (Å²) in [6.45, 7) is 9.16. The van der Waals surface area contributed by atoms with E-state index in [0.717, 1.165) is 10.4 Å². The molecule has 1 atom stereocenters. The van der Waals surface area contributed by atoms with E-state index in [0.29, 0.717) is 0 Å². The fourth-order valence-electron chi connectivity index (χ4n) is 4.06. The molecule has 2 aromatic rings. The zero-order valence-corrected chi connectivity index (χ0v) is 22.4. The second-order valence-electron chi connectivity index (χ2n) is 9.07. The molecule has 2 rings (SSSR count). The summed E-state index contributed by atoms with van der Waals surface area (Å²) in [6, 6.07) is 20.1. The van der Waals surface area contributed by atoms with E-state index in [2.05, 4.69) is 56.5 Å². The molecule has 0 saturated carbocycles. The van der Waals surface area contributed by atoms with Crippen molar-refractivity contribution in [3.8, 4) is 11.5 Å². The van der Waals surface area contributed by atoms with Crippen LogP contribution in [-0.4, -0.2) is 57.0 Å². The molecule has 0 fully saturated rings. The Balaban J connectivity index is 2.34. The van der Waals surface area contributed by atoms with Crippen LogP contribution in [0.5, 0.6) is 0 Å². The van der Waals surface area contributed by atoms with Crippen molar-refractivity contribution in [3.63, 3.8) is 0 Å². The van der Waals surface area contributed by atoms with Crippen molar-refractivity contribution in [1.82, 2.24) is 0 Å². The summed E-state index contributed by atoms with van der Waals surface area (Å²) in [5.41, 5.74) is 3.46. The predicted molar refractivity (Wildman–Crippen MR) is 139 cm³/mol. The zero-order chi connectivity index (χ0) is 26.8. The third kappa shape index (κ3) is 6.62. The van der Waals surface area contributed by atoms with Crippen LogP contribution in [-0.2, 0) is 28.6 Å². The summed E-state index contributed by atoms with van der Waals surface area (Å²) in [4.78, 5) is 36.9. The summed E-state index contributed by atoms with van der Waals surface area (Å²) >= 11 is 0. The Kier molecular flexibility index (Phi) is 10.4. The van der Waals surface area contributed by atoms with Crippen LogP contribution in [0, 0.1) is 17.4 Å². The van der Waals surface area contributed by atoms with Crippen molar-refractivity contribution < 1.29 is 33.7 Å². The number of aliphatic hydroxyl groups excluding tert-OH is 1. The smallest absolute Gasteiger partial charge is 0.337 e. The molecule has 0 spiro atoms. The van der Waals surface area contributed by atoms with Gasteiger partial charge in [0.2, 0.25) is 8.07 Å². The molecule has 8 heteroatoms. The van der Waals surface area contributed by atoms with Gasteiger partial charge in [-0.25, -0.2) is 4.79 Å². The number of ether oxygens (including phenoxy) is 3. The van der Waals surface area contributed by atoms with E-state index in [4.69, 9.17) is 14.2 Å². The lowest BCUT2D eigenvalue weighted by Gasteiger charge is -2.39. The van der Waals surface area contributed by atoms with Gasteiger partial charge in [-0.2, -0.15) is 0 Å². The van der Waals surface area contributed by atoms with Crippen LogP contribution >= 0.6 is 0 Å². The topological polar surface area (TPSA) is 99.1 Å². The van der Waals surface area contributed by atoms with Gasteiger partial charge in [0.1, 0.15) is 0 Å². The van der Waals surface area contributed by atoms with Crippen LogP contribution in [0.15, 0.2) is 60.7 Å². The van der Waals surface area contributed by atoms with Gasteiger partial charge < -0.3 is 19.3 Å². The molecule has 0 aliphatic rings. The predicted octanol–water partition coefficient (Wildman–Crippen LogP) is 2.24. The number of aliphatic hydroxyl groups is 1. The van der Waals surface area contributed by atoms with Crippen molar-refractivity contribution in [2.45, 2.75) is 45.8 Å². The SMILES string of the molecule is CCOC(=O)C(C(=O)OCC)C(O)C(=O)OCC#C[Si](c1ccccc1)(c1ccccc1)C(C)(C)C. The monoisotopic (exact) mass is 510 g/mol. The molecule has 0 aliphatic heterocycles. The summed E-state index contributed by atoms with van der Waals surface area (Å²) < 4.78 is 14.8. The van der Waals surface area contributed by atoms with Crippen molar-refractivity contribution in [3.05, 3.63) is 60.7 Å². The molecule has 192 valence electrons. The molecular weight excluding hydrogens is 476 g/mol. The number of hydrogen-bond acceptors (Lipinski definition) is 7. The molecule has 36 heavy (non-hydrogen) atoms. The van der Waals surface area contributed by atoms with Crippen LogP contribution in [0.2, 0.25) is 5.04 Å². The lowest BCUT2D eigenvalue weighted by atomic mass is 10.0. The minimum atomic E-state index is -2.69. The molecule has 0 saturated heterocycles. The normalized spacial score (nSPS) is 12.2. The van der Waals surface area contributed by atoms with Gasteiger partial charge in [0.15, 0.2) is 18.6 Å². The van der Waals surface area contributed by atoms with E-state index in [-0.39, 0.29) is 24.9 Å². The molecule has 2 aromatic carbocycles. The first-order valence-electron chi connectivity index (χ1n) is 11.9. The lowest BCUT2D eigenvalue weighted by molar-refractivity contribution is -0.175. The molecule has 1 N–H and O–H groups in total. The highest BCUT2D eigenvalue weighted by Gasteiger charge is 2.47. The Morgan fingerprint density at radius 3 is 1.64 bits per heavy atom. The summed E-state index contributed by atoms with van der Waals surface area (Å²) in [5, 5.41) is 12.4. The second-order valence-corrected chi connectivity index (χ2v) is 13.5. The van der Waals surface area contributed by atoms with Crippen LogP contribution in [0.4, 0.5) is 0 Å². The Bertz CT molecular complexity index is 1020. The Hall–Kier alpha value is -3.41. The maximum Gasteiger partial charge on any atom is 0.337 e. The van der Waals surface area contributed by atoms with Gasteiger partial charge in [0.25, 0.3) is 0 Å². The molecule has 0 amide bonds. The number of esters is 3. The number of rotatable bonds is 9. The largest absolute Gasteiger partial charge is 0.465 e. The first kappa shape index (κ1) is 28.8. The highest BCUT2D eigenvalue weighted by molar-refractivity contribution is 7.10. The maximum absolute atomic E-state index is 12.5. The van der Waals surface area contributed by atoms with Gasteiger partial charge in [-0.05, 0) is 29.3 Å². The molecule has 0 heterocycles. The van der Waals surface area contributed by atoms with Crippen molar-refractivity contribution in [1.29, 1.82) is 0 Å². The van der Waals surface area contributed by atoms with Gasteiger partial charge >= 0.3 is 17.9 Å². The Labute approximate surface area is 213 Å². The molecule has 1 unspecified atom stereocenters. The highest BCUT2D eigenvalue weighted by Crippen LogP contribution is 2.35. The van der Waals surface area contributed by atoms with Crippen LogP contribution in [0.3, 0.4) is 0 Å².